The van der Waals surface area contributed by atoms with E-state index in [1.54, 1.807) is 36.4 Å². The van der Waals surface area contributed by atoms with Crippen molar-refractivity contribution in [2.45, 2.75) is 10.8 Å². The van der Waals surface area contributed by atoms with E-state index in [4.69, 9.17) is 0 Å². The standard InChI is InChI=1S/C45H30N2O5/c48-41-39-40(42(49)46(41)35-25-21-29(22-26-35)30-23-27-36(28-24-30)47(51)52)45(34-19-11-4-12-20-34)38(32-15-7-2-8-16-32)37(31-13-5-1-6-14-31)44(39,43(45)50)33-17-9-3-10-18-33/h1-28,39-40H/t39-,40+,44-,45-/m0/s1. The molecule has 2 bridgehead atoms. The van der Waals surface area contributed by atoms with Gasteiger partial charge < -0.3 is 0 Å². The molecule has 4 atom stereocenters. The highest BCUT2D eigenvalue weighted by Gasteiger charge is 2.82. The Balaban J connectivity index is 1.30. The van der Waals surface area contributed by atoms with E-state index in [-0.39, 0.29) is 11.5 Å². The van der Waals surface area contributed by atoms with Crippen LogP contribution in [0.25, 0.3) is 22.3 Å². The third kappa shape index (κ3) is 4.10. The Morgan fingerprint density at radius 3 is 1.21 bits per heavy atom. The van der Waals surface area contributed by atoms with E-state index in [1.807, 2.05) is 121 Å². The maximum Gasteiger partial charge on any atom is 0.269 e. The molecule has 1 aliphatic heterocycles. The molecule has 0 unspecified atom stereocenters. The number of hydrogen-bond acceptors (Lipinski definition) is 5. The fourth-order valence-corrected chi connectivity index (χ4v) is 9.17. The molecule has 0 spiro atoms. The number of rotatable bonds is 7. The summed E-state index contributed by atoms with van der Waals surface area (Å²) in [6, 6.07) is 51.8. The number of carbonyl (C=O) groups is 3. The van der Waals surface area contributed by atoms with Gasteiger partial charge in [0.1, 0.15) is 0 Å². The summed E-state index contributed by atoms with van der Waals surface area (Å²) in [6.45, 7) is 0. The highest BCUT2D eigenvalue weighted by atomic mass is 16.6. The molecule has 0 N–H and O–H groups in total. The quantitative estimate of drug-likeness (QED) is 0.0959. The van der Waals surface area contributed by atoms with Gasteiger partial charge in [0.15, 0.2) is 5.78 Å². The lowest BCUT2D eigenvalue weighted by atomic mass is 9.59. The number of carbonyl (C=O) groups excluding carboxylic acids is 3. The number of allylic oxidation sites excluding steroid dienone is 2. The zero-order chi connectivity index (χ0) is 35.6. The van der Waals surface area contributed by atoms with Crippen molar-refractivity contribution in [2.24, 2.45) is 11.8 Å². The van der Waals surface area contributed by atoms with E-state index in [2.05, 4.69) is 0 Å². The number of hydrogen-bond donors (Lipinski definition) is 0. The van der Waals surface area contributed by atoms with E-state index < -0.39 is 39.4 Å². The second kappa shape index (κ2) is 11.7. The first-order valence-electron chi connectivity index (χ1n) is 17.1. The first-order valence-corrected chi connectivity index (χ1v) is 17.1. The summed E-state index contributed by atoms with van der Waals surface area (Å²) in [5, 5.41) is 11.2. The van der Waals surface area contributed by atoms with Crippen molar-refractivity contribution in [1.29, 1.82) is 0 Å². The van der Waals surface area contributed by atoms with Crippen LogP contribution >= 0.6 is 0 Å². The summed E-state index contributed by atoms with van der Waals surface area (Å²) in [7, 11) is 0. The highest BCUT2D eigenvalue weighted by molar-refractivity contribution is 6.39. The minimum atomic E-state index is -1.48. The van der Waals surface area contributed by atoms with Crippen LogP contribution in [0, 0.1) is 22.0 Å². The topological polar surface area (TPSA) is 97.6 Å². The third-order valence-corrected chi connectivity index (χ3v) is 11.1. The summed E-state index contributed by atoms with van der Waals surface area (Å²) < 4.78 is 0. The number of benzene rings is 6. The van der Waals surface area contributed by atoms with Gasteiger partial charge in [-0.3, -0.25) is 24.5 Å². The lowest BCUT2D eigenvalue weighted by Crippen LogP contribution is -2.45. The number of non-ortho nitro benzene ring substituents is 1. The molecule has 1 saturated carbocycles. The number of fused-ring (bicyclic) bond motifs is 5. The molecule has 1 saturated heterocycles. The highest BCUT2D eigenvalue weighted by Crippen LogP contribution is 2.74. The molecule has 7 heteroatoms. The zero-order valence-corrected chi connectivity index (χ0v) is 27.8. The summed E-state index contributed by atoms with van der Waals surface area (Å²) in [5.74, 6) is -3.05. The fraction of sp³-hybridized carbons (Fsp3) is 0.0889. The minimum absolute atomic E-state index is 0.0117. The van der Waals surface area contributed by atoms with E-state index in [1.165, 1.54) is 17.0 Å². The Morgan fingerprint density at radius 1 is 0.462 bits per heavy atom. The molecule has 250 valence electrons. The van der Waals surface area contributed by atoms with Gasteiger partial charge in [-0.1, -0.05) is 133 Å². The fourth-order valence-electron chi connectivity index (χ4n) is 9.17. The van der Waals surface area contributed by atoms with Crippen LogP contribution in [0.2, 0.25) is 0 Å². The number of nitro groups is 1. The SMILES string of the molecule is O=C1[C@@H]2[C@H](C(=O)N1c1ccc(-c3ccc([N+](=O)[O-])cc3)cc1)[C@@]1(c3ccccc3)C(=O)[C@@]2(c2ccccc2)C(c2ccccc2)=C1c1ccccc1. The van der Waals surface area contributed by atoms with Crippen LogP contribution in [0.5, 0.6) is 0 Å². The van der Waals surface area contributed by atoms with Gasteiger partial charge in [0, 0.05) is 12.1 Å². The van der Waals surface area contributed by atoms with Gasteiger partial charge in [0.2, 0.25) is 11.8 Å². The maximum atomic E-state index is 16.0. The molecule has 6 aromatic carbocycles. The van der Waals surface area contributed by atoms with Crippen molar-refractivity contribution in [3.63, 3.8) is 0 Å². The number of Topliss-reactive ketones (excluding diaryl/α,β-unsaturated/α-hetero) is 1. The van der Waals surface area contributed by atoms with Gasteiger partial charge in [-0.25, -0.2) is 4.90 Å². The van der Waals surface area contributed by atoms with Crippen molar-refractivity contribution in [1.82, 2.24) is 0 Å². The molecule has 2 aliphatic carbocycles. The van der Waals surface area contributed by atoms with Crippen molar-refractivity contribution in [3.8, 4) is 11.1 Å². The predicted octanol–water partition coefficient (Wildman–Crippen LogP) is 8.45. The van der Waals surface area contributed by atoms with E-state index in [9.17, 15) is 10.1 Å². The average molecular weight is 679 g/mol. The summed E-state index contributed by atoms with van der Waals surface area (Å²) in [6.07, 6.45) is 0. The predicted molar refractivity (Wildman–Crippen MR) is 199 cm³/mol. The molecular weight excluding hydrogens is 649 g/mol. The summed E-state index contributed by atoms with van der Waals surface area (Å²) in [5.41, 5.74) is 3.45. The van der Waals surface area contributed by atoms with Crippen LogP contribution in [0.15, 0.2) is 170 Å². The second-order valence-electron chi connectivity index (χ2n) is 13.5. The first-order chi connectivity index (χ1) is 25.4. The van der Waals surface area contributed by atoms with Gasteiger partial charge in [0.05, 0.1) is 33.3 Å². The Labute approximate surface area is 299 Å². The van der Waals surface area contributed by atoms with Crippen molar-refractivity contribution in [2.75, 3.05) is 4.90 Å². The summed E-state index contributed by atoms with van der Waals surface area (Å²) >= 11 is 0. The van der Waals surface area contributed by atoms with Crippen LogP contribution in [-0.2, 0) is 25.2 Å². The number of ketones is 1. The Kier molecular flexibility index (Phi) is 7.02. The number of nitro benzene ring substituents is 1. The van der Waals surface area contributed by atoms with E-state index >= 15 is 14.4 Å². The molecular formula is C45H30N2O5. The lowest BCUT2D eigenvalue weighted by molar-refractivity contribution is -0.384. The zero-order valence-electron chi connectivity index (χ0n) is 27.8. The van der Waals surface area contributed by atoms with Crippen LogP contribution < -0.4 is 4.90 Å². The van der Waals surface area contributed by atoms with Gasteiger partial charge >= 0.3 is 0 Å². The monoisotopic (exact) mass is 678 g/mol. The van der Waals surface area contributed by atoms with Crippen molar-refractivity contribution < 1.29 is 19.3 Å². The Hall–Kier alpha value is -6.73. The smallest absolute Gasteiger partial charge is 0.269 e. The number of imide groups is 1. The molecule has 2 fully saturated rings. The largest absolute Gasteiger partial charge is 0.297 e. The molecule has 0 aromatic heterocycles. The number of anilines is 1. The van der Waals surface area contributed by atoms with Crippen LogP contribution in [-0.4, -0.2) is 22.5 Å². The third-order valence-electron chi connectivity index (χ3n) is 11.1. The number of nitrogens with zero attached hydrogens (tertiary/aromatic N) is 2. The van der Waals surface area contributed by atoms with Gasteiger partial charge in [-0.2, -0.15) is 0 Å². The van der Waals surface area contributed by atoms with E-state index in [0.717, 1.165) is 33.4 Å². The van der Waals surface area contributed by atoms with Crippen molar-refractivity contribution >= 4 is 40.1 Å². The Morgan fingerprint density at radius 2 is 0.827 bits per heavy atom. The average Bonchev–Trinajstić information content (AvgIpc) is 3.71. The molecule has 7 nitrogen and oxygen atoms in total. The minimum Gasteiger partial charge on any atom is -0.297 e. The molecule has 9 rings (SSSR count). The van der Waals surface area contributed by atoms with Crippen LogP contribution in [0.4, 0.5) is 11.4 Å². The molecule has 3 aliphatic rings. The molecule has 1 heterocycles. The lowest BCUT2D eigenvalue weighted by Gasteiger charge is -2.39. The normalized spacial score (nSPS) is 23.3. The number of amides is 2. The molecule has 6 aromatic rings. The van der Waals surface area contributed by atoms with Gasteiger partial charge in [-0.05, 0) is 68.8 Å². The van der Waals surface area contributed by atoms with Crippen LogP contribution in [0.1, 0.15) is 22.3 Å². The van der Waals surface area contributed by atoms with Crippen LogP contribution in [0.3, 0.4) is 0 Å². The van der Waals surface area contributed by atoms with Gasteiger partial charge in [-0.15, -0.1) is 0 Å². The van der Waals surface area contributed by atoms with Gasteiger partial charge in [0.25, 0.3) is 5.69 Å². The van der Waals surface area contributed by atoms with E-state index in [0.29, 0.717) is 16.8 Å². The van der Waals surface area contributed by atoms with Crippen molar-refractivity contribution in [3.05, 3.63) is 202 Å². The summed E-state index contributed by atoms with van der Waals surface area (Å²) in [4.78, 5) is 58.5. The molecule has 52 heavy (non-hydrogen) atoms. The Bertz CT molecular complexity index is 2310. The molecule has 0 radical (unpaired) electrons. The second-order valence-corrected chi connectivity index (χ2v) is 13.5. The first kappa shape index (κ1) is 31.3. The molecule has 2 amide bonds. The maximum absolute atomic E-state index is 16.0.